The van der Waals surface area contributed by atoms with Gasteiger partial charge in [0.1, 0.15) is 0 Å². The number of likely N-dealkylation sites (tertiary alicyclic amines) is 1. The molecule has 2 rings (SSSR count). The number of rotatable bonds is 3. The second-order valence-electron chi connectivity index (χ2n) is 5.03. The van der Waals surface area contributed by atoms with Crippen molar-refractivity contribution >= 4 is 5.91 Å². The van der Waals surface area contributed by atoms with E-state index in [9.17, 15) is 9.90 Å². The number of carbonyl (C=O) groups is 1. The number of aliphatic hydroxyl groups excluding tert-OH is 1. The van der Waals surface area contributed by atoms with Crippen molar-refractivity contribution in [1.82, 2.24) is 4.90 Å². The first-order valence-corrected chi connectivity index (χ1v) is 5.78. The average molecular weight is 212 g/mol. The van der Waals surface area contributed by atoms with Crippen LogP contribution in [0, 0.1) is 5.92 Å². The number of hydrogen-bond acceptors (Lipinski definition) is 3. The molecule has 1 aliphatic heterocycles. The van der Waals surface area contributed by atoms with Gasteiger partial charge in [0.15, 0.2) is 0 Å². The normalized spacial score (nSPS) is 30.3. The molecule has 15 heavy (non-hydrogen) atoms. The van der Waals surface area contributed by atoms with Gasteiger partial charge in [-0.15, -0.1) is 0 Å². The zero-order valence-electron chi connectivity index (χ0n) is 9.28. The molecule has 2 fully saturated rings. The summed E-state index contributed by atoms with van der Waals surface area (Å²) < 4.78 is 0. The molecule has 0 radical (unpaired) electrons. The first-order chi connectivity index (χ1) is 7.07. The highest BCUT2D eigenvalue weighted by atomic mass is 16.3. The van der Waals surface area contributed by atoms with Crippen LogP contribution < -0.4 is 5.73 Å². The maximum atomic E-state index is 12.2. The summed E-state index contributed by atoms with van der Waals surface area (Å²) in [5.41, 5.74) is 5.38. The van der Waals surface area contributed by atoms with Crippen molar-refractivity contribution in [2.75, 3.05) is 13.2 Å². The Morgan fingerprint density at radius 1 is 1.53 bits per heavy atom. The van der Waals surface area contributed by atoms with Crippen LogP contribution in [-0.4, -0.2) is 40.6 Å². The number of carbonyl (C=O) groups excluding carboxylic acids is 1. The van der Waals surface area contributed by atoms with Crippen LogP contribution in [0.3, 0.4) is 0 Å². The molecule has 0 bridgehead atoms. The zero-order chi connectivity index (χ0) is 11.1. The monoisotopic (exact) mass is 212 g/mol. The largest absolute Gasteiger partial charge is 0.394 e. The van der Waals surface area contributed by atoms with Gasteiger partial charge in [-0.1, -0.05) is 0 Å². The van der Waals surface area contributed by atoms with Gasteiger partial charge in [-0.05, 0) is 38.5 Å². The van der Waals surface area contributed by atoms with Crippen molar-refractivity contribution in [3.05, 3.63) is 0 Å². The van der Waals surface area contributed by atoms with Crippen LogP contribution in [0.1, 0.15) is 32.6 Å². The highest BCUT2D eigenvalue weighted by molar-refractivity contribution is 5.87. The summed E-state index contributed by atoms with van der Waals surface area (Å²) in [4.78, 5) is 14.0. The Balaban J connectivity index is 2.06. The highest BCUT2D eigenvalue weighted by Crippen LogP contribution is 2.39. The quantitative estimate of drug-likeness (QED) is 0.697. The molecule has 0 aromatic rings. The molecular formula is C11H20N2O2. The molecule has 1 saturated heterocycles. The maximum Gasteiger partial charge on any atom is 0.242 e. The van der Waals surface area contributed by atoms with Gasteiger partial charge < -0.3 is 15.7 Å². The number of nitrogens with two attached hydrogens (primary N) is 1. The van der Waals surface area contributed by atoms with E-state index < -0.39 is 5.54 Å². The van der Waals surface area contributed by atoms with E-state index in [2.05, 4.69) is 0 Å². The lowest BCUT2D eigenvalue weighted by Gasteiger charge is -2.32. The molecule has 0 aromatic carbocycles. The van der Waals surface area contributed by atoms with Crippen LogP contribution in [0.25, 0.3) is 0 Å². The number of aliphatic hydroxyl groups is 1. The SMILES string of the molecule is CC(N)(C(=O)N1CCCC1CO)C1CC1. The van der Waals surface area contributed by atoms with Gasteiger partial charge in [-0.25, -0.2) is 0 Å². The second-order valence-corrected chi connectivity index (χ2v) is 5.03. The molecule has 1 amide bonds. The number of amides is 1. The van der Waals surface area contributed by atoms with Crippen molar-refractivity contribution in [1.29, 1.82) is 0 Å². The van der Waals surface area contributed by atoms with E-state index in [-0.39, 0.29) is 18.6 Å². The summed E-state index contributed by atoms with van der Waals surface area (Å²) in [5.74, 6) is 0.381. The lowest BCUT2D eigenvalue weighted by Crippen LogP contribution is -2.56. The van der Waals surface area contributed by atoms with E-state index >= 15 is 0 Å². The van der Waals surface area contributed by atoms with Gasteiger partial charge in [-0.3, -0.25) is 4.79 Å². The summed E-state index contributed by atoms with van der Waals surface area (Å²) in [6.07, 6.45) is 4.02. The lowest BCUT2D eigenvalue weighted by molar-refractivity contribution is -0.138. The predicted octanol–water partition coefficient (Wildman–Crippen LogP) is 0.0971. The number of hydrogen-bond donors (Lipinski definition) is 2. The smallest absolute Gasteiger partial charge is 0.242 e. The van der Waals surface area contributed by atoms with Crippen LogP contribution in [0.15, 0.2) is 0 Å². The number of nitrogens with zero attached hydrogens (tertiary/aromatic N) is 1. The fourth-order valence-electron chi connectivity index (χ4n) is 2.46. The van der Waals surface area contributed by atoms with E-state index in [0.717, 1.165) is 32.2 Å². The Morgan fingerprint density at radius 2 is 2.20 bits per heavy atom. The van der Waals surface area contributed by atoms with Crippen molar-refractivity contribution in [2.45, 2.75) is 44.2 Å². The van der Waals surface area contributed by atoms with Crippen LogP contribution in [0.2, 0.25) is 0 Å². The van der Waals surface area contributed by atoms with E-state index in [1.165, 1.54) is 0 Å². The van der Waals surface area contributed by atoms with Gasteiger partial charge >= 0.3 is 0 Å². The van der Waals surface area contributed by atoms with Crippen molar-refractivity contribution in [2.24, 2.45) is 11.7 Å². The van der Waals surface area contributed by atoms with Crippen LogP contribution in [0.5, 0.6) is 0 Å². The Morgan fingerprint density at radius 3 is 2.73 bits per heavy atom. The Labute approximate surface area is 90.4 Å². The van der Waals surface area contributed by atoms with E-state index in [1.807, 2.05) is 6.92 Å². The molecule has 0 aromatic heterocycles. The molecular weight excluding hydrogens is 192 g/mol. The topological polar surface area (TPSA) is 66.6 Å². The van der Waals surface area contributed by atoms with Gasteiger partial charge in [0.05, 0.1) is 18.2 Å². The Hall–Kier alpha value is -0.610. The molecule has 2 aliphatic rings. The average Bonchev–Trinajstić information content (AvgIpc) is 2.96. The second kappa shape index (κ2) is 3.76. The standard InChI is InChI=1S/C11H20N2O2/c1-11(12,8-4-5-8)10(15)13-6-2-3-9(13)7-14/h8-9,14H,2-7,12H2,1H3. The Bertz CT molecular complexity index is 261. The van der Waals surface area contributed by atoms with Crippen molar-refractivity contribution in [3.8, 4) is 0 Å². The van der Waals surface area contributed by atoms with Gasteiger partial charge in [0, 0.05) is 6.54 Å². The first kappa shape index (κ1) is 10.9. The molecule has 2 atom stereocenters. The third kappa shape index (κ3) is 1.88. The minimum absolute atomic E-state index is 0.000810. The van der Waals surface area contributed by atoms with Gasteiger partial charge in [0.2, 0.25) is 5.91 Å². The molecule has 4 nitrogen and oxygen atoms in total. The summed E-state index contributed by atoms with van der Waals surface area (Å²) in [6.45, 7) is 2.65. The first-order valence-electron chi connectivity index (χ1n) is 5.78. The van der Waals surface area contributed by atoms with Gasteiger partial charge in [0.25, 0.3) is 0 Å². The van der Waals surface area contributed by atoms with Crippen molar-refractivity contribution < 1.29 is 9.90 Å². The summed E-state index contributed by atoms with van der Waals surface area (Å²) in [6, 6.07) is -0.000810. The minimum Gasteiger partial charge on any atom is -0.394 e. The van der Waals surface area contributed by atoms with E-state index in [0.29, 0.717) is 5.92 Å². The summed E-state index contributed by atoms with van der Waals surface area (Å²) in [5, 5.41) is 9.17. The minimum atomic E-state index is -0.711. The molecule has 2 unspecified atom stereocenters. The summed E-state index contributed by atoms with van der Waals surface area (Å²) in [7, 11) is 0. The molecule has 1 heterocycles. The fourth-order valence-corrected chi connectivity index (χ4v) is 2.46. The molecule has 86 valence electrons. The van der Waals surface area contributed by atoms with Crippen LogP contribution in [-0.2, 0) is 4.79 Å². The lowest BCUT2D eigenvalue weighted by atomic mass is 9.95. The van der Waals surface area contributed by atoms with Crippen molar-refractivity contribution in [3.63, 3.8) is 0 Å². The third-order valence-corrected chi connectivity index (χ3v) is 3.73. The fraction of sp³-hybridized carbons (Fsp3) is 0.909. The summed E-state index contributed by atoms with van der Waals surface area (Å²) >= 11 is 0. The molecule has 1 saturated carbocycles. The molecule has 4 heteroatoms. The molecule has 1 aliphatic carbocycles. The van der Waals surface area contributed by atoms with E-state index in [1.54, 1.807) is 4.90 Å². The third-order valence-electron chi connectivity index (χ3n) is 3.73. The zero-order valence-corrected chi connectivity index (χ0v) is 9.28. The maximum absolute atomic E-state index is 12.2. The van der Waals surface area contributed by atoms with E-state index in [4.69, 9.17) is 5.73 Å². The Kier molecular flexibility index (Phi) is 2.73. The molecule has 3 N–H and O–H groups in total. The van der Waals surface area contributed by atoms with Crippen LogP contribution >= 0.6 is 0 Å². The molecule has 0 spiro atoms. The van der Waals surface area contributed by atoms with Crippen LogP contribution in [0.4, 0.5) is 0 Å². The predicted molar refractivity (Wildman–Crippen MR) is 57.1 cm³/mol. The van der Waals surface area contributed by atoms with Gasteiger partial charge in [-0.2, -0.15) is 0 Å². The highest BCUT2D eigenvalue weighted by Gasteiger charge is 2.47.